The van der Waals surface area contributed by atoms with Crippen LogP contribution in [0.5, 0.6) is 0 Å². The number of aromatic nitrogens is 2. The molecule has 2 heterocycles. The van der Waals surface area contributed by atoms with E-state index in [2.05, 4.69) is 9.97 Å². The topological polar surface area (TPSA) is 59.9 Å². The molecular formula is C24H14N2O2S2. The largest absolute Gasteiger partial charge is 0.289 e. The van der Waals surface area contributed by atoms with Crippen molar-refractivity contribution >= 4 is 35.1 Å². The van der Waals surface area contributed by atoms with Gasteiger partial charge in [-0.1, -0.05) is 47.8 Å². The van der Waals surface area contributed by atoms with Crippen LogP contribution in [0.25, 0.3) is 0 Å². The SMILES string of the molecule is O=C1c2cccc(Sc3ccncc3)c2C(=O)c2cccc(Sc3ccncc3)c21. The third kappa shape index (κ3) is 3.34. The standard InChI is InChI=1S/C24H14N2O2S2/c27-23-17-3-1-5-19(29-15-7-11-25-12-8-15)21(17)24(28)18-4-2-6-20(22(18)23)30-16-9-13-26-14-10-16/h1-14H. The van der Waals surface area contributed by atoms with Crippen molar-refractivity contribution in [2.24, 2.45) is 0 Å². The van der Waals surface area contributed by atoms with Gasteiger partial charge in [-0.2, -0.15) is 0 Å². The first-order valence-corrected chi connectivity index (χ1v) is 10.9. The van der Waals surface area contributed by atoms with Crippen LogP contribution >= 0.6 is 23.5 Å². The molecule has 0 aliphatic heterocycles. The number of carbonyl (C=O) groups is 2. The van der Waals surface area contributed by atoms with E-state index in [4.69, 9.17) is 0 Å². The van der Waals surface area contributed by atoms with Gasteiger partial charge in [-0.05, 0) is 36.4 Å². The predicted octanol–water partition coefficient (Wildman–Crippen LogP) is 5.55. The highest BCUT2D eigenvalue weighted by molar-refractivity contribution is 7.99. The van der Waals surface area contributed by atoms with Crippen molar-refractivity contribution in [1.82, 2.24) is 9.97 Å². The van der Waals surface area contributed by atoms with E-state index in [9.17, 15) is 9.59 Å². The monoisotopic (exact) mass is 426 g/mol. The second-order valence-electron chi connectivity index (χ2n) is 6.59. The number of benzene rings is 2. The van der Waals surface area contributed by atoms with Crippen molar-refractivity contribution < 1.29 is 9.59 Å². The Hall–Kier alpha value is -3.22. The Morgan fingerprint density at radius 2 is 0.933 bits per heavy atom. The van der Waals surface area contributed by atoms with Gasteiger partial charge in [-0.15, -0.1) is 0 Å². The second-order valence-corrected chi connectivity index (χ2v) is 8.82. The Morgan fingerprint density at radius 1 is 0.533 bits per heavy atom. The zero-order valence-electron chi connectivity index (χ0n) is 15.6. The van der Waals surface area contributed by atoms with Crippen molar-refractivity contribution in [2.75, 3.05) is 0 Å². The van der Waals surface area contributed by atoms with Gasteiger partial charge in [0.25, 0.3) is 0 Å². The molecule has 0 saturated heterocycles. The fourth-order valence-electron chi connectivity index (χ4n) is 3.42. The molecule has 4 aromatic rings. The van der Waals surface area contributed by atoms with Gasteiger partial charge in [-0.25, -0.2) is 0 Å². The lowest BCUT2D eigenvalue weighted by atomic mass is 9.84. The van der Waals surface area contributed by atoms with E-state index >= 15 is 0 Å². The number of rotatable bonds is 4. The first kappa shape index (κ1) is 18.8. The molecule has 144 valence electrons. The van der Waals surface area contributed by atoms with Gasteiger partial charge in [0, 0.05) is 66.6 Å². The number of nitrogens with zero attached hydrogens (tertiary/aromatic N) is 2. The van der Waals surface area contributed by atoms with E-state index in [1.54, 1.807) is 36.9 Å². The van der Waals surface area contributed by atoms with E-state index in [0.29, 0.717) is 22.3 Å². The minimum Gasteiger partial charge on any atom is -0.289 e. The van der Waals surface area contributed by atoms with Crippen LogP contribution in [0.3, 0.4) is 0 Å². The molecule has 0 radical (unpaired) electrons. The second kappa shape index (κ2) is 7.89. The molecule has 2 aromatic heterocycles. The highest BCUT2D eigenvalue weighted by atomic mass is 32.2. The minimum atomic E-state index is -0.117. The lowest BCUT2D eigenvalue weighted by molar-refractivity contribution is 0.0974. The van der Waals surface area contributed by atoms with Crippen molar-refractivity contribution in [3.8, 4) is 0 Å². The molecule has 5 rings (SSSR count). The third-order valence-corrected chi connectivity index (χ3v) is 6.89. The van der Waals surface area contributed by atoms with Crippen LogP contribution < -0.4 is 0 Å². The number of hydrogen-bond donors (Lipinski definition) is 0. The summed E-state index contributed by atoms with van der Waals surface area (Å²) in [5.41, 5.74) is 1.86. The fourth-order valence-corrected chi connectivity index (χ4v) is 5.34. The number of fused-ring (bicyclic) bond motifs is 2. The smallest absolute Gasteiger partial charge is 0.195 e. The van der Waals surface area contributed by atoms with E-state index < -0.39 is 0 Å². The van der Waals surface area contributed by atoms with Gasteiger partial charge >= 0.3 is 0 Å². The van der Waals surface area contributed by atoms with E-state index in [0.717, 1.165) is 19.6 Å². The Balaban J connectivity index is 1.60. The fraction of sp³-hybridized carbons (Fsp3) is 0. The lowest BCUT2D eigenvalue weighted by Gasteiger charge is -2.22. The summed E-state index contributed by atoms with van der Waals surface area (Å²) in [7, 11) is 0. The summed E-state index contributed by atoms with van der Waals surface area (Å²) in [6.07, 6.45) is 6.84. The maximum absolute atomic E-state index is 13.5. The molecule has 0 spiro atoms. The van der Waals surface area contributed by atoms with Crippen LogP contribution in [0, 0.1) is 0 Å². The van der Waals surface area contributed by atoms with Crippen molar-refractivity contribution in [3.05, 3.63) is 108 Å². The average Bonchev–Trinajstić information content (AvgIpc) is 2.79. The van der Waals surface area contributed by atoms with E-state index in [1.807, 2.05) is 48.5 Å². The van der Waals surface area contributed by atoms with Crippen LogP contribution in [0.1, 0.15) is 31.8 Å². The summed E-state index contributed by atoms with van der Waals surface area (Å²) in [6.45, 7) is 0. The van der Waals surface area contributed by atoms with Crippen LogP contribution in [0.15, 0.2) is 105 Å². The Kier molecular flexibility index (Phi) is 4.94. The molecule has 0 fully saturated rings. The molecule has 1 aliphatic rings. The Morgan fingerprint density at radius 3 is 1.33 bits per heavy atom. The third-order valence-electron chi connectivity index (χ3n) is 4.75. The molecule has 0 N–H and O–H groups in total. The van der Waals surface area contributed by atoms with Gasteiger partial charge in [0.05, 0.1) is 0 Å². The maximum Gasteiger partial charge on any atom is 0.195 e. The van der Waals surface area contributed by atoms with Gasteiger partial charge < -0.3 is 0 Å². The summed E-state index contributed by atoms with van der Waals surface area (Å²) in [6, 6.07) is 18.5. The highest BCUT2D eigenvalue weighted by Gasteiger charge is 2.33. The number of hydrogen-bond acceptors (Lipinski definition) is 6. The van der Waals surface area contributed by atoms with Crippen LogP contribution in [0.4, 0.5) is 0 Å². The first-order valence-electron chi connectivity index (χ1n) is 9.23. The first-order chi connectivity index (χ1) is 14.7. The van der Waals surface area contributed by atoms with E-state index in [1.165, 1.54) is 23.5 Å². The van der Waals surface area contributed by atoms with Gasteiger partial charge in [0.15, 0.2) is 11.6 Å². The molecular weight excluding hydrogens is 412 g/mol. The Bertz CT molecular complexity index is 1170. The highest BCUT2D eigenvalue weighted by Crippen LogP contribution is 2.40. The summed E-state index contributed by atoms with van der Waals surface area (Å²) < 4.78 is 0. The summed E-state index contributed by atoms with van der Waals surface area (Å²) in [4.78, 5) is 38.5. The molecule has 6 heteroatoms. The predicted molar refractivity (Wildman–Crippen MR) is 116 cm³/mol. The lowest BCUT2D eigenvalue weighted by Crippen LogP contribution is -2.22. The number of carbonyl (C=O) groups excluding carboxylic acids is 2. The van der Waals surface area contributed by atoms with Crippen LogP contribution in [0.2, 0.25) is 0 Å². The summed E-state index contributed by atoms with van der Waals surface area (Å²) >= 11 is 2.93. The van der Waals surface area contributed by atoms with Crippen molar-refractivity contribution in [3.63, 3.8) is 0 Å². The molecule has 2 aromatic carbocycles. The number of pyridine rings is 2. The van der Waals surface area contributed by atoms with Crippen LogP contribution in [-0.2, 0) is 0 Å². The van der Waals surface area contributed by atoms with Gasteiger partial charge in [-0.3, -0.25) is 19.6 Å². The normalized spacial score (nSPS) is 12.4. The molecule has 0 amide bonds. The zero-order valence-corrected chi connectivity index (χ0v) is 17.2. The molecule has 0 atom stereocenters. The average molecular weight is 427 g/mol. The van der Waals surface area contributed by atoms with Gasteiger partial charge in [0.2, 0.25) is 0 Å². The molecule has 0 unspecified atom stereocenters. The quantitative estimate of drug-likeness (QED) is 0.375. The van der Waals surface area contributed by atoms with E-state index in [-0.39, 0.29) is 11.6 Å². The maximum atomic E-state index is 13.5. The molecule has 0 saturated carbocycles. The van der Waals surface area contributed by atoms with Gasteiger partial charge in [0.1, 0.15) is 0 Å². The van der Waals surface area contributed by atoms with Crippen LogP contribution in [-0.4, -0.2) is 21.5 Å². The minimum absolute atomic E-state index is 0.117. The Labute approximate surface area is 181 Å². The van der Waals surface area contributed by atoms with Crippen molar-refractivity contribution in [1.29, 1.82) is 0 Å². The molecule has 0 bridgehead atoms. The summed E-state index contributed by atoms with van der Waals surface area (Å²) in [5.74, 6) is -0.233. The molecule has 4 nitrogen and oxygen atoms in total. The van der Waals surface area contributed by atoms with Crippen molar-refractivity contribution in [2.45, 2.75) is 19.6 Å². The molecule has 30 heavy (non-hydrogen) atoms. The summed E-state index contributed by atoms with van der Waals surface area (Å²) in [5, 5.41) is 0. The zero-order chi connectivity index (χ0) is 20.5. The molecule has 1 aliphatic carbocycles. The number of ketones is 2.